The molecule has 0 bridgehead atoms. The number of carbonyl (C=O) groups excluding carboxylic acids is 1. The van der Waals surface area contributed by atoms with Gasteiger partial charge in [0.25, 0.3) is 5.91 Å². The Morgan fingerprint density at radius 1 is 1.24 bits per heavy atom. The maximum Gasteiger partial charge on any atom is 0.267 e. The number of nitrogens with one attached hydrogen (secondary N) is 2. The molecule has 0 atom stereocenters. The summed E-state index contributed by atoms with van der Waals surface area (Å²) in [5.41, 5.74) is 1.86. The van der Waals surface area contributed by atoms with Gasteiger partial charge >= 0.3 is 0 Å². The van der Waals surface area contributed by atoms with Crippen molar-refractivity contribution in [3.8, 4) is 11.8 Å². The Hall–Kier alpha value is -2.68. The van der Waals surface area contributed by atoms with Crippen LogP contribution in [0.4, 0.5) is 11.4 Å². The number of anilines is 2. The first kappa shape index (κ1) is 18.7. The van der Waals surface area contributed by atoms with E-state index in [0.29, 0.717) is 27.2 Å². The first-order valence-corrected chi connectivity index (χ1v) is 7.98. The Morgan fingerprint density at radius 3 is 2.64 bits per heavy atom. The lowest BCUT2D eigenvalue weighted by atomic mass is 10.2. The van der Waals surface area contributed by atoms with Crippen LogP contribution in [-0.4, -0.2) is 13.0 Å². The van der Waals surface area contributed by atoms with Crippen molar-refractivity contribution in [3.63, 3.8) is 0 Å². The van der Waals surface area contributed by atoms with E-state index < -0.39 is 5.91 Å². The molecule has 7 heteroatoms. The SMILES string of the molecule is COc1ccc(Cl)cc1NC(=O)/C(C#N)=C\Nc1ccc(C)c(Cl)c1. The number of nitrogens with zero attached hydrogens (tertiary/aromatic N) is 1. The van der Waals surface area contributed by atoms with Gasteiger partial charge in [-0.2, -0.15) is 5.26 Å². The predicted molar refractivity (Wildman–Crippen MR) is 100 cm³/mol. The molecule has 0 spiro atoms. The third-order valence-corrected chi connectivity index (χ3v) is 3.97. The smallest absolute Gasteiger partial charge is 0.267 e. The van der Waals surface area contributed by atoms with Gasteiger partial charge in [-0.1, -0.05) is 29.3 Å². The van der Waals surface area contributed by atoms with Gasteiger partial charge in [-0.15, -0.1) is 0 Å². The minimum absolute atomic E-state index is 0.112. The van der Waals surface area contributed by atoms with E-state index in [1.807, 2.05) is 19.1 Å². The molecule has 1 amide bonds. The van der Waals surface area contributed by atoms with Crippen LogP contribution in [0.25, 0.3) is 0 Å². The van der Waals surface area contributed by atoms with Crippen LogP contribution in [0.5, 0.6) is 5.75 Å². The number of aryl methyl sites for hydroxylation is 1. The first-order valence-electron chi connectivity index (χ1n) is 7.22. The molecule has 0 aliphatic carbocycles. The summed E-state index contributed by atoms with van der Waals surface area (Å²) in [6.45, 7) is 1.88. The van der Waals surface area contributed by atoms with Crippen LogP contribution in [0.1, 0.15) is 5.56 Å². The number of amides is 1. The standard InChI is InChI=1S/C18H15Cl2N3O2/c1-11-3-5-14(8-15(11)20)22-10-12(9-21)18(24)23-16-7-13(19)4-6-17(16)25-2/h3-8,10,22H,1-2H3,(H,23,24)/b12-10-. The van der Waals surface area contributed by atoms with E-state index in [9.17, 15) is 10.1 Å². The minimum atomic E-state index is -0.589. The fraction of sp³-hybridized carbons (Fsp3) is 0.111. The molecule has 0 fully saturated rings. The van der Waals surface area contributed by atoms with Gasteiger partial charge in [0.05, 0.1) is 12.8 Å². The van der Waals surface area contributed by atoms with Gasteiger partial charge in [-0.3, -0.25) is 4.79 Å². The van der Waals surface area contributed by atoms with Crippen LogP contribution in [0.15, 0.2) is 48.2 Å². The molecule has 0 unspecified atom stereocenters. The fourth-order valence-corrected chi connectivity index (χ4v) is 2.31. The molecule has 25 heavy (non-hydrogen) atoms. The zero-order valence-corrected chi connectivity index (χ0v) is 15.1. The van der Waals surface area contributed by atoms with E-state index in [2.05, 4.69) is 10.6 Å². The maximum atomic E-state index is 12.3. The number of benzene rings is 2. The van der Waals surface area contributed by atoms with E-state index in [1.54, 1.807) is 30.3 Å². The second kappa shape index (κ2) is 8.43. The maximum absolute atomic E-state index is 12.3. The highest BCUT2D eigenvalue weighted by Gasteiger charge is 2.13. The molecule has 0 saturated carbocycles. The Balaban J connectivity index is 2.17. The average Bonchev–Trinajstić information content (AvgIpc) is 2.58. The van der Waals surface area contributed by atoms with Crippen LogP contribution in [-0.2, 0) is 4.79 Å². The van der Waals surface area contributed by atoms with Gasteiger partial charge in [0, 0.05) is 21.9 Å². The normalized spacial score (nSPS) is 10.8. The molecule has 2 N–H and O–H groups in total. The third-order valence-electron chi connectivity index (χ3n) is 3.33. The lowest BCUT2D eigenvalue weighted by Crippen LogP contribution is -2.15. The van der Waals surface area contributed by atoms with Crippen molar-refractivity contribution in [2.75, 3.05) is 17.7 Å². The van der Waals surface area contributed by atoms with Gasteiger partial charge in [-0.05, 0) is 42.8 Å². The fourth-order valence-electron chi connectivity index (χ4n) is 1.95. The highest BCUT2D eigenvalue weighted by Crippen LogP contribution is 2.28. The zero-order chi connectivity index (χ0) is 18.4. The molecule has 5 nitrogen and oxygen atoms in total. The van der Waals surface area contributed by atoms with Crippen LogP contribution >= 0.6 is 23.2 Å². The molecule has 0 heterocycles. The summed E-state index contributed by atoms with van der Waals surface area (Å²) >= 11 is 12.0. The number of carbonyl (C=O) groups is 1. The Morgan fingerprint density at radius 2 is 2.00 bits per heavy atom. The van der Waals surface area contributed by atoms with Crippen LogP contribution in [0.3, 0.4) is 0 Å². The summed E-state index contributed by atoms with van der Waals surface area (Å²) < 4.78 is 5.16. The predicted octanol–water partition coefficient (Wildman–Crippen LogP) is 4.77. The highest BCUT2D eigenvalue weighted by atomic mass is 35.5. The number of ether oxygens (including phenoxy) is 1. The second-order valence-corrected chi connectivity index (χ2v) is 5.92. The van der Waals surface area contributed by atoms with E-state index >= 15 is 0 Å². The van der Waals surface area contributed by atoms with Crippen molar-refractivity contribution in [1.82, 2.24) is 0 Å². The molecule has 0 aromatic heterocycles. The number of nitriles is 1. The zero-order valence-electron chi connectivity index (χ0n) is 13.6. The molecule has 0 aliphatic rings. The number of hydrogen-bond donors (Lipinski definition) is 2. The Bertz CT molecular complexity index is 873. The summed E-state index contributed by atoms with van der Waals surface area (Å²) in [6.07, 6.45) is 1.31. The van der Waals surface area contributed by atoms with Gasteiger partial charge in [0.1, 0.15) is 17.4 Å². The summed E-state index contributed by atoms with van der Waals surface area (Å²) in [6, 6.07) is 12.0. The van der Waals surface area contributed by atoms with Gasteiger partial charge in [0.15, 0.2) is 0 Å². The van der Waals surface area contributed by atoms with Crippen molar-refractivity contribution in [2.24, 2.45) is 0 Å². The monoisotopic (exact) mass is 375 g/mol. The van der Waals surface area contributed by atoms with Gasteiger partial charge in [0.2, 0.25) is 0 Å². The lowest BCUT2D eigenvalue weighted by Gasteiger charge is -2.10. The molecular formula is C18H15Cl2N3O2. The number of hydrogen-bond acceptors (Lipinski definition) is 4. The van der Waals surface area contributed by atoms with E-state index in [0.717, 1.165) is 5.56 Å². The second-order valence-electron chi connectivity index (χ2n) is 5.08. The summed E-state index contributed by atoms with van der Waals surface area (Å²) in [5, 5.41) is 15.7. The van der Waals surface area contributed by atoms with Crippen molar-refractivity contribution < 1.29 is 9.53 Å². The quantitative estimate of drug-likeness (QED) is 0.582. The third kappa shape index (κ3) is 4.90. The van der Waals surface area contributed by atoms with Crippen LogP contribution in [0.2, 0.25) is 10.0 Å². The lowest BCUT2D eigenvalue weighted by molar-refractivity contribution is -0.112. The van der Waals surface area contributed by atoms with Crippen molar-refractivity contribution in [1.29, 1.82) is 5.26 Å². The first-order chi connectivity index (χ1) is 11.9. The van der Waals surface area contributed by atoms with Crippen molar-refractivity contribution >= 4 is 40.5 Å². The number of rotatable bonds is 5. The Kier molecular flexibility index (Phi) is 6.29. The van der Waals surface area contributed by atoms with E-state index in [4.69, 9.17) is 27.9 Å². The summed E-state index contributed by atoms with van der Waals surface area (Å²) in [5.74, 6) is -0.151. The highest BCUT2D eigenvalue weighted by molar-refractivity contribution is 6.31. The average molecular weight is 376 g/mol. The molecule has 0 aliphatic heterocycles. The number of methoxy groups -OCH3 is 1. The molecular weight excluding hydrogens is 361 g/mol. The topological polar surface area (TPSA) is 74.1 Å². The molecule has 2 aromatic carbocycles. The van der Waals surface area contributed by atoms with Crippen LogP contribution in [0, 0.1) is 18.3 Å². The largest absolute Gasteiger partial charge is 0.495 e. The van der Waals surface area contributed by atoms with Crippen LogP contribution < -0.4 is 15.4 Å². The molecule has 128 valence electrons. The Labute approximate surface area is 155 Å². The molecule has 0 radical (unpaired) electrons. The van der Waals surface area contributed by atoms with E-state index in [-0.39, 0.29) is 5.57 Å². The summed E-state index contributed by atoms with van der Waals surface area (Å²) in [7, 11) is 1.47. The molecule has 2 aromatic rings. The summed E-state index contributed by atoms with van der Waals surface area (Å²) in [4.78, 5) is 12.3. The van der Waals surface area contributed by atoms with E-state index in [1.165, 1.54) is 13.3 Å². The van der Waals surface area contributed by atoms with Crippen molar-refractivity contribution in [3.05, 3.63) is 63.8 Å². The minimum Gasteiger partial charge on any atom is -0.495 e. The van der Waals surface area contributed by atoms with Gasteiger partial charge < -0.3 is 15.4 Å². The molecule has 2 rings (SSSR count). The number of halogens is 2. The van der Waals surface area contributed by atoms with Crippen molar-refractivity contribution in [2.45, 2.75) is 6.92 Å². The van der Waals surface area contributed by atoms with Gasteiger partial charge in [-0.25, -0.2) is 0 Å². The molecule has 0 saturated heterocycles.